The van der Waals surface area contributed by atoms with Crippen LogP contribution in [0.4, 0.5) is 0 Å². The normalized spacial score (nSPS) is 12.4. The largest absolute Gasteiger partial charge is 0.280 e. The van der Waals surface area contributed by atoms with E-state index in [4.69, 9.17) is 12.3 Å². The first-order valence-electron chi connectivity index (χ1n) is 50.0. The Bertz CT molecular complexity index is 7140. The molecular weight excluding hydrogens is 1560 g/mol. The van der Waals surface area contributed by atoms with Crippen LogP contribution in [0.15, 0.2) is 189 Å². The van der Waals surface area contributed by atoms with Gasteiger partial charge in [-0.05, 0) is 453 Å². The van der Waals surface area contributed by atoms with Crippen molar-refractivity contribution < 1.29 is 39.7 Å². The minimum atomic E-state index is -2.43. The number of rotatable bonds is 10. The van der Waals surface area contributed by atoms with Gasteiger partial charge in [-0.1, -0.05) is 90.5 Å². The van der Waals surface area contributed by atoms with Crippen molar-refractivity contribution in [2.24, 2.45) is 42.3 Å². The summed E-state index contributed by atoms with van der Waals surface area (Å²) in [5.74, 6) is 0. The van der Waals surface area contributed by atoms with E-state index in [1.807, 2.05) is 26.8 Å². The van der Waals surface area contributed by atoms with Gasteiger partial charge in [0.05, 0.1) is 22.3 Å². The van der Waals surface area contributed by atoms with Gasteiger partial charge in [0.25, 0.3) is 11.4 Å². The van der Waals surface area contributed by atoms with Gasteiger partial charge in [0.1, 0.15) is 42.3 Å². The lowest BCUT2D eigenvalue weighted by atomic mass is 9.85. The van der Waals surface area contributed by atoms with Gasteiger partial charge in [0.15, 0.2) is 31.0 Å². The maximum absolute atomic E-state index is 8.20. The molecule has 0 saturated heterocycles. The SMILES string of the molecule is Cc1cc(C)c(-c2c(C)cc(C)c(-c3cccc[n+]3C)c2C)cc1C.Cc1cc[n+](C)c(-c2c(C)cc(C)c(-c3cc(C)c(C)cc3C)c2C)c1.Cc1ccc(-c2c(C)cc(C)c(-c3cc(C)c(C)c[n+]3C)c2C)c(C)c1.Cc1ccc(-c2c(C)cc(C)c(-c3cc(C)c(C)cc3C)[n+]2C)[n+](C)c1.[2H]C([2H])([2H])c1cc[n+](C)c(-c2c(C([2H])([2H])[2H])cc(C)c(-c3cc(C)c(C([2H])([2H])[2H])cc3C)c2C)c1. The third-order valence-corrected chi connectivity index (χ3v) is 27.1. The van der Waals surface area contributed by atoms with E-state index in [1.54, 1.807) is 36.9 Å². The summed E-state index contributed by atoms with van der Waals surface area (Å²) in [6, 6.07) is 55.9. The fourth-order valence-corrected chi connectivity index (χ4v) is 20.1. The first-order valence-corrected chi connectivity index (χ1v) is 45.5. The monoisotopic (exact) mass is 1720 g/mol. The lowest BCUT2D eigenvalue weighted by Gasteiger charge is -2.19. The van der Waals surface area contributed by atoms with Crippen molar-refractivity contribution in [3.05, 3.63) is 372 Å². The van der Waals surface area contributed by atoms with E-state index in [9.17, 15) is 0 Å². The quantitative estimate of drug-likeness (QED) is 0.122. The second-order valence-electron chi connectivity index (χ2n) is 37.7. The summed E-state index contributed by atoms with van der Waals surface area (Å²) in [6.07, 6.45) is 10.3. The highest BCUT2D eigenvalue weighted by molar-refractivity contribution is 5.87. The molecule has 129 heavy (non-hydrogen) atoms. The molecule has 6 aromatic heterocycles. The summed E-state index contributed by atoms with van der Waals surface area (Å²) in [6.45, 7) is 57.8. The average molecular weight is 1720 g/mol. The van der Waals surface area contributed by atoms with Gasteiger partial charge in [-0.3, -0.25) is 0 Å². The number of aromatic nitrogens is 6. The summed E-state index contributed by atoms with van der Waals surface area (Å²) in [5, 5.41) is 0. The molecule has 6 heterocycles. The smallest absolute Gasteiger partial charge is 0.201 e. The van der Waals surface area contributed by atoms with E-state index in [-0.39, 0.29) is 16.7 Å². The Hall–Kier alpha value is -12.1. The van der Waals surface area contributed by atoms with Gasteiger partial charge in [0, 0.05) is 88.7 Å². The fourth-order valence-electron chi connectivity index (χ4n) is 20.1. The molecule has 0 N–H and O–H groups in total. The molecule has 0 spiro atoms. The van der Waals surface area contributed by atoms with Gasteiger partial charge in [-0.15, -0.1) is 0 Å². The molecule has 15 aromatic rings. The van der Waals surface area contributed by atoms with Crippen molar-refractivity contribution in [2.45, 2.75) is 228 Å². The Morgan fingerprint density at radius 2 is 0.504 bits per heavy atom. The molecule has 0 bridgehead atoms. The highest BCUT2D eigenvalue weighted by Gasteiger charge is 2.31. The fraction of sp³-hybridized carbons (Fsp3) is 0.317. The van der Waals surface area contributed by atoms with Crippen molar-refractivity contribution in [3.63, 3.8) is 0 Å². The van der Waals surface area contributed by atoms with Gasteiger partial charge in [-0.25, -0.2) is 18.3 Å². The van der Waals surface area contributed by atoms with Crippen LogP contribution in [-0.4, -0.2) is 0 Å². The molecule has 6 nitrogen and oxygen atoms in total. The van der Waals surface area contributed by atoms with Crippen molar-refractivity contribution in [1.82, 2.24) is 0 Å². The molecule has 6 heteroatoms. The van der Waals surface area contributed by atoms with E-state index in [0.29, 0.717) is 22.4 Å². The lowest BCUT2D eigenvalue weighted by Crippen LogP contribution is -2.41. The second-order valence-corrected chi connectivity index (χ2v) is 37.7. The Kier molecular flexibility index (Phi) is 26.3. The molecule has 0 aliphatic heterocycles. The zero-order chi connectivity index (χ0) is 102. The molecule has 0 fully saturated rings. The molecule has 0 unspecified atom stereocenters. The van der Waals surface area contributed by atoms with Crippen LogP contribution in [0.5, 0.6) is 0 Å². The first kappa shape index (κ1) is 85.0. The van der Waals surface area contributed by atoms with Crippen LogP contribution in [-0.2, 0) is 42.3 Å². The van der Waals surface area contributed by atoms with E-state index in [2.05, 4.69) is 390 Å². The molecule has 15 rings (SSSR count). The highest BCUT2D eigenvalue weighted by atomic mass is 15.0. The Morgan fingerprint density at radius 1 is 0.178 bits per heavy atom. The topological polar surface area (TPSA) is 23.3 Å². The maximum atomic E-state index is 8.20. The van der Waals surface area contributed by atoms with Crippen LogP contribution in [0.25, 0.3) is 112 Å². The summed E-state index contributed by atoms with van der Waals surface area (Å²) in [7, 11) is 12.5. The molecule has 664 valence electrons. The number of pyridine rings is 6. The number of nitrogens with zero attached hydrogens (tertiary/aromatic N) is 6. The first-order chi connectivity index (χ1) is 64.2. The molecule has 0 aliphatic rings. The molecule has 0 radical (unpaired) electrons. The molecule has 0 atom stereocenters. The number of benzene rings is 9. The van der Waals surface area contributed by atoms with E-state index in [1.165, 1.54) is 247 Å². The number of hydrogen-bond donors (Lipinski definition) is 0. The second kappa shape index (κ2) is 39.9. The Labute approximate surface area is 790 Å². The predicted octanol–water partition coefficient (Wildman–Crippen LogP) is 28.2. The average Bonchev–Trinajstić information content (AvgIpc) is 0.728. The molecule has 0 saturated carbocycles. The predicted molar refractivity (Wildman–Crippen MR) is 550 cm³/mol. The maximum Gasteiger partial charge on any atom is 0.280 e. The molecule has 0 amide bonds. The third kappa shape index (κ3) is 20.5. The Morgan fingerprint density at radius 3 is 0.961 bits per heavy atom. The third-order valence-electron chi connectivity index (χ3n) is 27.1. The van der Waals surface area contributed by atoms with Crippen LogP contribution in [0.1, 0.15) is 196 Å². The van der Waals surface area contributed by atoms with E-state index in [0.717, 1.165) is 22.3 Å². The van der Waals surface area contributed by atoms with Gasteiger partial charge in [0.2, 0.25) is 28.5 Å². The minimum Gasteiger partial charge on any atom is -0.201 e. The summed E-state index contributed by atoms with van der Waals surface area (Å²) in [4.78, 5) is 0. The zero-order valence-electron chi connectivity index (χ0n) is 93.6. The molecule has 9 aromatic carbocycles. The summed E-state index contributed by atoms with van der Waals surface area (Å²) >= 11 is 0. The Balaban J connectivity index is 0.000000166. The highest BCUT2D eigenvalue weighted by Crippen LogP contribution is 2.44. The van der Waals surface area contributed by atoms with Crippen molar-refractivity contribution in [1.29, 1.82) is 0 Å². The van der Waals surface area contributed by atoms with Crippen LogP contribution >= 0.6 is 0 Å². The standard InChI is InChI=1S/3C25H30N.C24H30N2.C24H28N/c1-15-9-10-22(17(3)11-15)24-18(4)12-19(5)25(21(24)7)23-13-16(2)20(6)14-26(23)8;2*1-15-9-10-26(8)23(11-15)25-20(6)13-19(5)24(21(25)7)22-14-17(3)16(2)12-18(22)4;1-15-9-10-22(25(7)14-15)24-20(6)12-19(5)23(26(24)8)21-13-17(3)16(2)11-18(21)4;1-15-12-17(3)21(14-16(15)2)23-18(4)13-19(5)24(20(23)6)22-10-8-9-11-25(22)7/h4*9-14H,1-8H3;8-14H,1-7H3/q3*+1;+2;+1/i;1D3,2D3,6D3;;;. The van der Waals surface area contributed by atoms with Crippen LogP contribution < -0.4 is 27.4 Å². The summed E-state index contributed by atoms with van der Waals surface area (Å²) < 4.78 is 84.6. The van der Waals surface area contributed by atoms with Crippen molar-refractivity contribution >= 4 is 0 Å². The van der Waals surface area contributed by atoms with Crippen LogP contribution in [0.2, 0.25) is 0 Å². The lowest BCUT2D eigenvalue weighted by molar-refractivity contribution is -0.685. The van der Waals surface area contributed by atoms with Crippen LogP contribution in [0.3, 0.4) is 0 Å². The van der Waals surface area contributed by atoms with E-state index < -0.39 is 20.6 Å². The van der Waals surface area contributed by atoms with Gasteiger partial charge < -0.3 is 0 Å². The van der Waals surface area contributed by atoms with E-state index >= 15 is 0 Å². The molecule has 0 aliphatic carbocycles. The van der Waals surface area contributed by atoms with Gasteiger partial charge >= 0.3 is 0 Å². The number of aryl methyl sites for hydroxylation is 34. The molecular formula is C123H148N6+6. The summed E-state index contributed by atoms with van der Waals surface area (Å²) in [5.41, 5.74) is 62.0. The van der Waals surface area contributed by atoms with Crippen molar-refractivity contribution in [2.75, 3.05) is 0 Å². The van der Waals surface area contributed by atoms with Crippen molar-refractivity contribution in [3.8, 4) is 112 Å². The zero-order valence-corrected chi connectivity index (χ0v) is 84.6. The minimum absolute atomic E-state index is 0.123. The number of hydrogen-bond acceptors (Lipinski definition) is 0. The van der Waals surface area contributed by atoms with Gasteiger partial charge in [-0.2, -0.15) is 9.13 Å². The van der Waals surface area contributed by atoms with Crippen LogP contribution in [0, 0.1) is 228 Å².